The molecule has 1 aliphatic rings. The molecule has 1 aromatic heterocycles. The average Bonchev–Trinajstić information content (AvgIpc) is 2.29. The zero-order valence-corrected chi connectivity index (χ0v) is 10.6. The van der Waals surface area contributed by atoms with Crippen molar-refractivity contribution >= 4 is 27.7 Å². The standard InChI is InChI=1S/C10H12BrFN4O/c11-6-3-7(12)10(15-4-6)16-2-1-14-5-8(16)9(13)17/h3-4,8,14H,1-2,5H2,(H2,13,17). The number of nitrogens with zero attached hydrogens (tertiary/aromatic N) is 2. The molecular weight excluding hydrogens is 291 g/mol. The summed E-state index contributed by atoms with van der Waals surface area (Å²) in [6, 6.07) is 0.759. The number of aromatic nitrogens is 1. The van der Waals surface area contributed by atoms with Gasteiger partial charge in [0.25, 0.3) is 0 Å². The van der Waals surface area contributed by atoms with E-state index in [2.05, 4.69) is 26.2 Å². The lowest BCUT2D eigenvalue weighted by molar-refractivity contribution is -0.119. The molecule has 5 nitrogen and oxygen atoms in total. The maximum Gasteiger partial charge on any atom is 0.241 e. The predicted molar refractivity (Wildman–Crippen MR) is 65.1 cm³/mol. The first-order chi connectivity index (χ1) is 8.09. The zero-order valence-electron chi connectivity index (χ0n) is 8.99. The van der Waals surface area contributed by atoms with E-state index in [4.69, 9.17) is 5.73 Å². The highest BCUT2D eigenvalue weighted by molar-refractivity contribution is 9.10. The van der Waals surface area contributed by atoms with Crippen molar-refractivity contribution in [2.24, 2.45) is 5.73 Å². The minimum atomic E-state index is -0.563. The first-order valence-corrected chi connectivity index (χ1v) is 5.96. The number of halogens is 2. The van der Waals surface area contributed by atoms with Crippen LogP contribution in [0.2, 0.25) is 0 Å². The smallest absolute Gasteiger partial charge is 0.241 e. The van der Waals surface area contributed by atoms with E-state index in [-0.39, 0.29) is 5.82 Å². The number of carbonyl (C=O) groups excluding carboxylic acids is 1. The van der Waals surface area contributed by atoms with Gasteiger partial charge in [0.2, 0.25) is 5.91 Å². The van der Waals surface area contributed by atoms with Crippen molar-refractivity contribution in [1.29, 1.82) is 0 Å². The third-order valence-corrected chi connectivity index (χ3v) is 3.07. The summed E-state index contributed by atoms with van der Waals surface area (Å²) in [6.45, 7) is 1.58. The lowest BCUT2D eigenvalue weighted by atomic mass is 10.2. The van der Waals surface area contributed by atoms with Crippen molar-refractivity contribution in [3.63, 3.8) is 0 Å². The number of anilines is 1. The van der Waals surface area contributed by atoms with Gasteiger partial charge in [0.1, 0.15) is 6.04 Å². The van der Waals surface area contributed by atoms with E-state index in [0.29, 0.717) is 24.1 Å². The van der Waals surface area contributed by atoms with E-state index in [0.717, 1.165) is 0 Å². The normalized spacial score (nSPS) is 20.4. The first kappa shape index (κ1) is 12.3. The number of nitrogens with one attached hydrogen (secondary N) is 1. The van der Waals surface area contributed by atoms with Crippen LogP contribution in [-0.2, 0) is 4.79 Å². The van der Waals surface area contributed by atoms with Gasteiger partial charge in [-0.1, -0.05) is 0 Å². The Morgan fingerprint density at radius 2 is 2.47 bits per heavy atom. The van der Waals surface area contributed by atoms with E-state index < -0.39 is 17.8 Å². The summed E-state index contributed by atoms with van der Waals surface area (Å²) in [5, 5.41) is 3.04. The number of piperazine rings is 1. The molecule has 1 atom stereocenters. The Bertz CT molecular complexity index is 442. The van der Waals surface area contributed by atoms with E-state index in [9.17, 15) is 9.18 Å². The second-order valence-electron chi connectivity index (χ2n) is 3.77. The van der Waals surface area contributed by atoms with Gasteiger partial charge in [0, 0.05) is 30.3 Å². The van der Waals surface area contributed by atoms with Gasteiger partial charge in [-0.05, 0) is 22.0 Å². The predicted octanol–water partition coefficient (Wildman–Crippen LogP) is 0.247. The molecule has 1 aliphatic heterocycles. The van der Waals surface area contributed by atoms with Crippen molar-refractivity contribution in [3.05, 3.63) is 22.6 Å². The fraction of sp³-hybridized carbons (Fsp3) is 0.400. The molecular formula is C10H12BrFN4O. The molecule has 1 fully saturated rings. The Balaban J connectivity index is 2.32. The molecule has 0 aliphatic carbocycles. The van der Waals surface area contributed by atoms with Gasteiger partial charge in [0.05, 0.1) is 0 Å². The lowest BCUT2D eigenvalue weighted by Gasteiger charge is -2.35. The molecule has 92 valence electrons. The molecule has 17 heavy (non-hydrogen) atoms. The molecule has 0 bridgehead atoms. The molecule has 1 aromatic rings. The fourth-order valence-electron chi connectivity index (χ4n) is 1.83. The summed E-state index contributed by atoms with van der Waals surface area (Å²) in [6.07, 6.45) is 1.50. The van der Waals surface area contributed by atoms with E-state index >= 15 is 0 Å². The van der Waals surface area contributed by atoms with Gasteiger partial charge in [-0.2, -0.15) is 0 Å². The van der Waals surface area contributed by atoms with Gasteiger partial charge in [-0.25, -0.2) is 9.37 Å². The van der Waals surface area contributed by atoms with Crippen LogP contribution in [0.4, 0.5) is 10.2 Å². The Hall–Kier alpha value is -1.21. The minimum absolute atomic E-state index is 0.165. The largest absolute Gasteiger partial charge is 0.368 e. The molecule has 1 unspecified atom stereocenters. The van der Waals surface area contributed by atoms with Gasteiger partial charge >= 0.3 is 0 Å². The zero-order chi connectivity index (χ0) is 12.4. The Morgan fingerprint density at radius 1 is 1.71 bits per heavy atom. The summed E-state index contributed by atoms with van der Waals surface area (Å²) < 4.78 is 14.3. The van der Waals surface area contributed by atoms with Crippen LogP contribution in [0.15, 0.2) is 16.7 Å². The Morgan fingerprint density at radius 3 is 3.12 bits per heavy atom. The number of primary amides is 1. The summed E-state index contributed by atoms with van der Waals surface area (Å²) in [4.78, 5) is 16.9. The summed E-state index contributed by atoms with van der Waals surface area (Å²) in [5.41, 5.74) is 5.29. The molecule has 2 heterocycles. The average molecular weight is 303 g/mol. The molecule has 1 amide bonds. The third kappa shape index (κ3) is 2.55. The topological polar surface area (TPSA) is 71.2 Å². The van der Waals surface area contributed by atoms with Crippen molar-refractivity contribution in [2.75, 3.05) is 24.5 Å². The molecule has 3 N–H and O–H groups in total. The number of hydrogen-bond acceptors (Lipinski definition) is 4. The van der Waals surface area contributed by atoms with Crippen molar-refractivity contribution in [3.8, 4) is 0 Å². The lowest BCUT2D eigenvalue weighted by Crippen LogP contribution is -2.57. The summed E-state index contributed by atoms with van der Waals surface area (Å²) in [5.74, 6) is -0.785. The van der Waals surface area contributed by atoms with E-state index in [1.54, 1.807) is 4.90 Å². The summed E-state index contributed by atoms with van der Waals surface area (Å²) in [7, 11) is 0. The highest BCUT2D eigenvalue weighted by Crippen LogP contribution is 2.22. The highest BCUT2D eigenvalue weighted by atomic mass is 79.9. The van der Waals surface area contributed by atoms with Crippen molar-refractivity contribution < 1.29 is 9.18 Å². The number of rotatable bonds is 2. The van der Waals surface area contributed by atoms with Crippen LogP contribution in [0.25, 0.3) is 0 Å². The third-order valence-electron chi connectivity index (χ3n) is 2.63. The quantitative estimate of drug-likeness (QED) is 0.821. The number of nitrogens with two attached hydrogens (primary N) is 1. The Labute approximate surface area is 106 Å². The SMILES string of the molecule is NC(=O)C1CNCCN1c1ncc(Br)cc1F. The van der Waals surface area contributed by atoms with Crippen LogP contribution in [0.5, 0.6) is 0 Å². The molecule has 0 aromatic carbocycles. The Kier molecular flexibility index (Phi) is 3.58. The molecule has 2 rings (SSSR count). The summed E-state index contributed by atoms with van der Waals surface area (Å²) >= 11 is 3.14. The molecule has 1 saturated heterocycles. The van der Waals surface area contributed by atoms with Crippen LogP contribution in [0.1, 0.15) is 0 Å². The molecule has 0 radical (unpaired) electrons. The van der Waals surface area contributed by atoms with Crippen LogP contribution >= 0.6 is 15.9 Å². The van der Waals surface area contributed by atoms with Crippen molar-refractivity contribution in [2.45, 2.75) is 6.04 Å². The fourth-order valence-corrected chi connectivity index (χ4v) is 2.13. The van der Waals surface area contributed by atoms with Gasteiger partial charge < -0.3 is 16.0 Å². The highest BCUT2D eigenvalue weighted by Gasteiger charge is 2.29. The number of carbonyl (C=O) groups is 1. The van der Waals surface area contributed by atoms with Gasteiger partial charge in [-0.15, -0.1) is 0 Å². The monoisotopic (exact) mass is 302 g/mol. The second-order valence-corrected chi connectivity index (χ2v) is 4.69. The minimum Gasteiger partial charge on any atom is -0.368 e. The number of pyridine rings is 1. The number of amides is 1. The maximum atomic E-state index is 13.8. The van der Waals surface area contributed by atoms with Crippen LogP contribution in [0, 0.1) is 5.82 Å². The van der Waals surface area contributed by atoms with Crippen LogP contribution < -0.4 is 16.0 Å². The van der Waals surface area contributed by atoms with E-state index in [1.165, 1.54) is 12.3 Å². The molecule has 7 heteroatoms. The van der Waals surface area contributed by atoms with Gasteiger partial charge in [-0.3, -0.25) is 4.79 Å². The van der Waals surface area contributed by atoms with Crippen LogP contribution in [-0.4, -0.2) is 36.6 Å². The second kappa shape index (κ2) is 4.97. The van der Waals surface area contributed by atoms with Gasteiger partial charge in [0.15, 0.2) is 11.6 Å². The molecule has 0 spiro atoms. The number of hydrogen-bond donors (Lipinski definition) is 2. The van der Waals surface area contributed by atoms with Crippen LogP contribution in [0.3, 0.4) is 0 Å². The molecule has 0 saturated carbocycles. The first-order valence-electron chi connectivity index (χ1n) is 5.17. The van der Waals surface area contributed by atoms with Crippen molar-refractivity contribution in [1.82, 2.24) is 10.3 Å². The maximum absolute atomic E-state index is 13.8. The van der Waals surface area contributed by atoms with E-state index in [1.807, 2.05) is 0 Å².